The monoisotopic (exact) mass is 349 g/mol. The van der Waals surface area contributed by atoms with Crippen LogP contribution in [0.15, 0.2) is 60.8 Å². The van der Waals surface area contributed by atoms with Gasteiger partial charge in [0.05, 0.1) is 17.3 Å². The minimum atomic E-state index is -0.882. The molecular weight excluding hydrogens is 330 g/mol. The first-order valence-electron chi connectivity index (χ1n) is 8.23. The molecule has 3 rings (SSSR count). The number of hydrogen-bond acceptors (Lipinski definition) is 4. The van der Waals surface area contributed by atoms with Gasteiger partial charge in [0, 0.05) is 18.1 Å². The molecule has 3 aromatic rings. The summed E-state index contributed by atoms with van der Waals surface area (Å²) in [6.45, 7) is 1.82. The molecule has 0 radical (unpaired) electrons. The Balaban J connectivity index is 1.63. The van der Waals surface area contributed by atoms with E-state index in [2.05, 4.69) is 15.6 Å². The average molecular weight is 349 g/mol. The van der Waals surface area contributed by atoms with E-state index in [0.29, 0.717) is 16.8 Å². The summed E-state index contributed by atoms with van der Waals surface area (Å²) in [5.74, 6) is -1.62. The van der Waals surface area contributed by atoms with Crippen LogP contribution in [0.2, 0.25) is 0 Å². The molecule has 6 heteroatoms. The molecule has 6 nitrogen and oxygen atoms in total. The number of aliphatic hydroxyl groups excluding tert-OH is 1. The van der Waals surface area contributed by atoms with E-state index in [-0.39, 0.29) is 6.54 Å². The number of nitrogens with zero attached hydrogens (tertiary/aromatic N) is 1. The van der Waals surface area contributed by atoms with Crippen LogP contribution in [0, 0.1) is 6.92 Å². The Labute approximate surface area is 150 Å². The van der Waals surface area contributed by atoms with Crippen LogP contribution in [-0.4, -0.2) is 28.4 Å². The van der Waals surface area contributed by atoms with Crippen molar-refractivity contribution in [2.75, 3.05) is 11.9 Å². The molecule has 132 valence electrons. The van der Waals surface area contributed by atoms with Gasteiger partial charge in [0.25, 0.3) is 0 Å². The van der Waals surface area contributed by atoms with E-state index in [0.717, 1.165) is 10.9 Å². The van der Waals surface area contributed by atoms with Crippen LogP contribution in [0.4, 0.5) is 5.69 Å². The number of benzene rings is 2. The number of fused-ring (bicyclic) bond motifs is 1. The van der Waals surface area contributed by atoms with E-state index in [1.807, 2.05) is 37.3 Å². The summed E-state index contributed by atoms with van der Waals surface area (Å²) in [5.41, 5.74) is 2.70. The van der Waals surface area contributed by atoms with E-state index in [9.17, 15) is 14.7 Å². The van der Waals surface area contributed by atoms with Gasteiger partial charge in [-0.25, -0.2) is 0 Å². The first-order valence-corrected chi connectivity index (χ1v) is 8.23. The Kier molecular flexibility index (Phi) is 5.24. The first-order chi connectivity index (χ1) is 12.6. The number of aryl methyl sites for hydroxylation is 1. The number of aliphatic hydroxyl groups is 1. The van der Waals surface area contributed by atoms with Crippen molar-refractivity contribution in [3.05, 3.63) is 71.9 Å². The average Bonchev–Trinajstić information content (AvgIpc) is 2.66. The lowest BCUT2D eigenvalue weighted by Crippen LogP contribution is -2.37. The summed E-state index contributed by atoms with van der Waals surface area (Å²) in [6, 6.07) is 16.3. The number of rotatable bonds is 4. The largest absolute Gasteiger partial charge is 0.387 e. The Morgan fingerprint density at radius 3 is 2.62 bits per heavy atom. The third-order valence-electron chi connectivity index (χ3n) is 4.09. The number of amides is 2. The summed E-state index contributed by atoms with van der Waals surface area (Å²) in [6.07, 6.45) is 0.739. The van der Waals surface area contributed by atoms with Crippen LogP contribution in [0.25, 0.3) is 10.9 Å². The van der Waals surface area contributed by atoms with E-state index >= 15 is 0 Å². The molecule has 2 amide bonds. The summed E-state index contributed by atoms with van der Waals surface area (Å²) in [5, 5.41) is 16.1. The summed E-state index contributed by atoms with van der Waals surface area (Å²) in [4.78, 5) is 28.4. The Morgan fingerprint density at radius 1 is 1.04 bits per heavy atom. The molecule has 0 bridgehead atoms. The highest BCUT2D eigenvalue weighted by atomic mass is 16.3. The van der Waals surface area contributed by atoms with E-state index < -0.39 is 17.9 Å². The van der Waals surface area contributed by atoms with E-state index in [4.69, 9.17) is 0 Å². The van der Waals surface area contributed by atoms with Gasteiger partial charge in [-0.15, -0.1) is 0 Å². The summed E-state index contributed by atoms with van der Waals surface area (Å²) in [7, 11) is 0. The molecule has 0 saturated heterocycles. The minimum Gasteiger partial charge on any atom is -0.387 e. The molecule has 1 heterocycles. The highest BCUT2D eigenvalue weighted by Crippen LogP contribution is 2.20. The molecule has 0 spiro atoms. The standard InChI is InChI=1S/C20H19N3O3/c1-13-6-2-3-9-15(13)17(24)12-22-19(25)20(26)23-16-10-4-7-14-8-5-11-21-18(14)16/h2-11,17,24H,12H2,1H3,(H,22,25)(H,23,26)/t17-/m0/s1. The zero-order valence-electron chi connectivity index (χ0n) is 14.3. The summed E-state index contributed by atoms with van der Waals surface area (Å²) < 4.78 is 0. The molecule has 26 heavy (non-hydrogen) atoms. The molecule has 0 saturated carbocycles. The number of hydrogen-bond donors (Lipinski definition) is 3. The third-order valence-corrected chi connectivity index (χ3v) is 4.09. The lowest BCUT2D eigenvalue weighted by atomic mass is 10.0. The molecule has 2 aromatic carbocycles. The maximum atomic E-state index is 12.1. The van der Waals surface area contributed by atoms with Gasteiger partial charge in [0.15, 0.2) is 0 Å². The molecular formula is C20H19N3O3. The fourth-order valence-electron chi connectivity index (χ4n) is 2.72. The number of aromatic nitrogens is 1. The lowest BCUT2D eigenvalue weighted by Gasteiger charge is -2.14. The predicted molar refractivity (Wildman–Crippen MR) is 99.5 cm³/mol. The van der Waals surface area contributed by atoms with E-state index in [1.165, 1.54) is 0 Å². The van der Waals surface area contributed by atoms with Gasteiger partial charge >= 0.3 is 11.8 Å². The summed E-state index contributed by atoms with van der Waals surface area (Å²) >= 11 is 0. The molecule has 1 atom stereocenters. The normalized spacial score (nSPS) is 11.8. The maximum absolute atomic E-state index is 12.1. The lowest BCUT2D eigenvalue weighted by molar-refractivity contribution is -0.136. The number of nitrogens with one attached hydrogen (secondary N) is 2. The first kappa shape index (κ1) is 17.6. The second kappa shape index (κ2) is 7.76. The second-order valence-electron chi connectivity index (χ2n) is 5.92. The van der Waals surface area contributed by atoms with Crippen molar-refractivity contribution >= 4 is 28.4 Å². The van der Waals surface area contributed by atoms with Crippen molar-refractivity contribution in [1.29, 1.82) is 0 Å². The van der Waals surface area contributed by atoms with Crippen molar-refractivity contribution in [1.82, 2.24) is 10.3 Å². The van der Waals surface area contributed by atoms with Crippen molar-refractivity contribution in [3.63, 3.8) is 0 Å². The number of pyridine rings is 1. The molecule has 1 aromatic heterocycles. The minimum absolute atomic E-state index is 0.0507. The van der Waals surface area contributed by atoms with Crippen LogP contribution >= 0.6 is 0 Å². The number of anilines is 1. The van der Waals surface area contributed by atoms with Gasteiger partial charge in [0.2, 0.25) is 0 Å². The molecule has 0 aliphatic heterocycles. The van der Waals surface area contributed by atoms with Crippen LogP contribution in [0.3, 0.4) is 0 Å². The topological polar surface area (TPSA) is 91.3 Å². The van der Waals surface area contributed by atoms with Gasteiger partial charge in [-0.2, -0.15) is 0 Å². The number of carbonyl (C=O) groups excluding carboxylic acids is 2. The van der Waals surface area contributed by atoms with Crippen LogP contribution < -0.4 is 10.6 Å². The van der Waals surface area contributed by atoms with E-state index in [1.54, 1.807) is 30.5 Å². The van der Waals surface area contributed by atoms with Gasteiger partial charge < -0.3 is 15.7 Å². The fraction of sp³-hybridized carbons (Fsp3) is 0.150. The highest BCUT2D eigenvalue weighted by Gasteiger charge is 2.17. The van der Waals surface area contributed by atoms with Crippen LogP contribution in [-0.2, 0) is 9.59 Å². The Morgan fingerprint density at radius 2 is 1.81 bits per heavy atom. The molecule has 0 unspecified atom stereocenters. The highest BCUT2D eigenvalue weighted by molar-refractivity contribution is 6.40. The smallest absolute Gasteiger partial charge is 0.313 e. The quantitative estimate of drug-likeness (QED) is 0.631. The number of para-hydroxylation sites is 1. The zero-order chi connectivity index (χ0) is 18.5. The Hall–Kier alpha value is -3.25. The van der Waals surface area contributed by atoms with Gasteiger partial charge in [-0.05, 0) is 30.2 Å². The zero-order valence-corrected chi connectivity index (χ0v) is 14.3. The second-order valence-corrected chi connectivity index (χ2v) is 5.92. The van der Waals surface area contributed by atoms with Crippen molar-refractivity contribution in [3.8, 4) is 0 Å². The molecule has 3 N–H and O–H groups in total. The molecule has 0 fully saturated rings. The van der Waals surface area contributed by atoms with Gasteiger partial charge in [-0.1, -0.05) is 42.5 Å². The van der Waals surface area contributed by atoms with Crippen molar-refractivity contribution in [2.24, 2.45) is 0 Å². The Bertz CT molecular complexity index is 950. The molecule has 0 aliphatic carbocycles. The van der Waals surface area contributed by atoms with Gasteiger partial charge in [0.1, 0.15) is 0 Å². The maximum Gasteiger partial charge on any atom is 0.313 e. The fourth-order valence-corrected chi connectivity index (χ4v) is 2.72. The molecule has 0 aliphatic rings. The SMILES string of the molecule is Cc1ccccc1[C@@H](O)CNC(=O)C(=O)Nc1cccc2cccnc12. The van der Waals surface area contributed by atoms with Crippen LogP contribution in [0.5, 0.6) is 0 Å². The van der Waals surface area contributed by atoms with Crippen molar-refractivity contribution < 1.29 is 14.7 Å². The van der Waals surface area contributed by atoms with Crippen LogP contribution in [0.1, 0.15) is 17.2 Å². The number of carbonyl (C=O) groups is 2. The van der Waals surface area contributed by atoms with Crippen molar-refractivity contribution in [2.45, 2.75) is 13.0 Å². The third kappa shape index (κ3) is 3.87. The predicted octanol–water partition coefficient (Wildman–Crippen LogP) is 2.33. The van der Waals surface area contributed by atoms with Gasteiger partial charge in [-0.3, -0.25) is 14.6 Å².